The van der Waals surface area contributed by atoms with Gasteiger partial charge in [-0.2, -0.15) is 5.26 Å². The summed E-state index contributed by atoms with van der Waals surface area (Å²) in [5.74, 6) is -2.05. The summed E-state index contributed by atoms with van der Waals surface area (Å²) in [5, 5.41) is 13.4. The minimum Gasteiger partial charge on any atom is -0.495 e. The summed E-state index contributed by atoms with van der Waals surface area (Å²) in [6.07, 6.45) is 0.583. The van der Waals surface area contributed by atoms with Crippen LogP contribution in [0.5, 0.6) is 11.5 Å². The molecule has 0 bridgehead atoms. The van der Waals surface area contributed by atoms with Crippen molar-refractivity contribution in [1.82, 2.24) is 20.2 Å². The van der Waals surface area contributed by atoms with Gasteiger partial charge < -0.3 is 29.4 Å². The van der Waals surface area contributed by atoms with Crippen molar-refractivity contribution in [3.63, 3.8) is 0 Å². The van der Waals surface area contributed by atoms with Gasteiger partial charge in [0, 0.05) is 66.5 Å². The second-order valence-electron chi connectivity index (χ2n) is 11.6. The van der Waals surface area contributed by atoms with Crippen LogP contribution in [0.3, 0.4) is 0 Å². The minimum atomic E-state index is -3.01. The van der Waals surface area contributed by atoms with Crippen LogP contribution >= 0.6 is 0 Å². The second kappa shape index (κ2) is 11.7. The summed E-state index contributed by atoms with van der Waals surface area (Å²) >= 11 is 0. The van der Waals surface area contributed by atoms with Crippen LogP contribution in [0.1, 0.15) is 12.0 Å². The number of pyridine rings is 1. The largest absolute Gasteiger partial charge is 0.495 e. The highest BCUT2D eigenvalue weighted by atomic mass is 19.3. The molecule has 3 saturated heterocycles. The predicted molar refractivity (Wildman–Crippen MR) is 163 cm³/mol. The fourth-order valence-electron chi connectivity index (χ4n) is 6.29. The zero-order valence-electron chi connectivity index (χ0n) is 24.5. The number of aromatic nitrogens is 2. The Labute approximate surface area is 254 Å². The SMILES string of the molecule is COc1cc(-c2cc3c(-c4ccc(OC5CCNCC5(F)F)c(C#N)c4)nccc3[nH]2)ccc1N1CCN(C2COC2)CC1. The van der Waals surface area contributed by atoms with Gasteiger partial charge in [0.05, 0.1) is 49.9 Å². The number of hydrogen-bond acceptors (Lipinski definition) is 8. The monoisotopic (exact) mass is 600 g/mol. The van der Waals surface area contributed by atoms with Crippen LogP contribution in [0.2, 0.25) is 0 Å². The van der Waals surface area contributed by atoms with Gasteiger partial charge in [0.2, 0.25) is 0 Å². The Hall–Kier alpha value is -4.24. The number of nitrogens with one attached hydrogen (secondary N) is 2. The molecule has 2 aromatic carbocycles. The average molecular weight is 601 g/mol. The summed E-state index contributed by atoms with van der Waals surface area (Å²) in [5.41, 5.74) is 5.41. The number of fused-ring (bicyclic) bond motifs is 1. The number of methoxy groups -OCH3 is 1. The van der Waals surface area contributed by atoms with E-state index in [1.54, 1.807) is 31.5 Å². The van der Waals surface area contributed by atoms with E-state index in [0.29, 0.717) is 23.8 Å². The molecule has 44 heavy (non-hydrogen) atoms. The molecule has 0 aliphatic carbocycles. The lowest BCUT2D eigenvalue weighted by atomic mass is 10.0. The molecule has 2 N–H and O–H groups in total. The van der Waals surface area contributed by atoms with E-state index < -0.39 is 18.6 Å². The summed E-state index contributed by atoms with van der Waals surface area (Å²) in [4.78, 5) is 13.0. The molecule has 5 heterocycles. The number of piperidine rings is 1. The first-order valence-electron chi connectivity index (χ1n) is 15.0. The Balaban J connectivity index is 1.14. The van der Waals surface area contributed by atoms with Crippen LogP contribution in [0.15, 0.2) is 54.7 Å². The zero-order valence-corrected chi connectivity index (χ0v) is 24.5. The van der Waals surface area contributed by atoms with Crippen molar-refractivity contribution in [3.05, 3.63) is 60.3 Å². The fourth-order valence-corrected chi connectivity index (χ4v) is 6.29. The number of halogens is 2. The number of rotatable bonds is 7. The highest BCUT2D eigenvalue weighted by Crippen LogP contribution is 2.38. The van der Waals surface area contributed by atoms with E-state index in [4.69, 9.17) is 14.2 Å². The van der Waals surface area contributed by atoms with Crippen molar-refractivity contribution in [2.75, 3.05) is 64.5 Å². The molecule has 9 nitrogen and oxygen atoms in total. The fraction of sp³-hybridized carbons (Fsp3) is 0.394. The average Bonchev–Trinajstić information content (AvgIpc) is 3.46. The highest BCUT2D eigenvalue weighted by Gasteiger charge is 2.43. The number of anilines is 1. The van der Waals surface area contributed by atoms with Crippen LogP contribution in [-0.2, 0) is 4.74 Å². The van der Waals surface area contributed by atoms with Gasteiger partial charge in [-0.15, -0.1) is 0 Å². The molecule has 0 spiro atoms. The lowest BCUT2D eigenvalue weighted by Gasteiger charge is -2.43. The molecule has 7 rings (SSSR count). The van der Waals surface area contributed by atoms with Gasteiger partial charge in [-0.05, 0) is 49.0 Å². The topological polar surface area (TPSA) is 98.7 Å². The maximum absolute atomic E-state index is 14.4. The molecule has 228 valence electrons. The standard InChI is InChI=1S/C33H34F2N6O3/c1-42-30-15-21(2-4-28(30)41-12-10-40(11-13-41)24-18-43-19-24)27-16-25-26(39-27)6-9-38-32(25)22-3-5-29(23(14-22)17-36)44-31-7-8-37-20-33(31,34)35/h2-6,9,14-16,24,31,37,39H,7-8,10-13,18-20H2,1H3. The van der Waals surface area contributed by atoms with Crippen molar-refractivity contribution in [2.24, 2.45) is 0 Å². The number of alkyl halides is 2. The van der Waals surface area contributed by atoms with Crippen molar-refractivity contribution >= 4 is 16.6 Å². The number of nitriles is 1. The van der Waals surface area contributed by atoms with E-state index in [9.17, 15) is 14.0 Å². The van der Waals surface area contributed by atoms with Crippen LogP contribution in [-0.4, -0.2) is 92.5 Å². The quantitative estimate of drug-likeness (QED) is 0.316. The van der Waals surface area contributed by atoms with Crippen LogP contribution in [0, 0.1) is 11.3 Å². The van der Waals surface area contributed by atoms with Crippen molar-refractivity contribution in [3.8, 4) is 40.1 Å². The second-order valence-corrected chi connectivity index (χ2v) is 11.6. The molecule has 1 unspecified atom stereocenters. The summed E-state index contributed by atoms with van der Waals surface area (Å²) in [7, 11) is 1.70. The Morgan fingerprint density at radius 1 is 1.02 bits per heavy atom. The Kier molecular flexibility index (Phi) is 7.58. The molecule has 2 aromatic heterocycles. The van der Waals surface area contributed by atoms with Gasteiger partial charge in [0.15, 0.2) is 6.10 Å². The van der Waals surface area contributed by atoms with Crippen LogP contribution < -0.4 is 19.7 Å². The van der Waals surface area contributed by atoms with Gasteiger partial charge in [-0.3, -0.25) is 9.88 Å². The molecule has 11 heteroatoms. The van der Waals surface area contributed by atoms with Gasteiger partial charge >= 0.3 is 0 Å². The first kappa shape index (κ1) is 28.5. The number of aromatic amines is 1. The summed E-state index contributed by atoms with van der Waals surface area (Å²) < 4.78 is 45.6. The van der Waals surface area contributed by atoms with E-state index in [-0.39, 0.29) is 17.7 Å². The number of benzene rings is 2. The molecule has 3 aliphatic rings. The molecule has 0 amide bonds. The normalized spacial score (nSPS) is 20.7. The minimum absolute atomic E-state index is 0.149. The van der Waals surface area contributed by atoms with Crippen molar-refractivity contribution < 1.29 is 23.0 Å². The zero-order chi connectivity index (χ0) is 30.3. The smallest absolute Gasteiger partial charge is 0.296 e. The highest BCUT2D eigenvalue weighted by molar-refractivity contribution is 5.96. The number of piperazine rings is 1. The van der Waals surface area contributed by atoms with E-state index in [0.717, 1.165) is 73.0 Å². The maximum Gasteiger partial charge on any atom is 0.296 e. The van der Waals surface area contributed by atoms with E-state index in [1.165, 1.54) is 0 Å². The molecule has 1 atom stereocenters. The molecule has 0 saturated carbocycles. The summed E-state index contributed by atoms with van der Waals surface area (Å²) in [6.45, 7) is 5.53. The van der Waals surface area contributed by atoms with Gasteiger partial charge in [-0.25, -0.2) is 8.78 Å². The lowest BCUT2D eigenvalue weighted by Crippen LogP contribution is -2.56. The number of nitrogens with zero attached hydrogens (tertiary/aromatic N) is 4. The van der Waals surface area contributed by atoms with Crippen molar-refractivity contribution in [2.45, 2.75) is 24.5 Å². The third kappa shape index (κ3) is 5.34. The first-order valence-corrected chi connectivity index (χ1v) is 15.0. The van der Waals surface area contributed by atoms with Gasteiger partial charge in [0.25, 0.3) is 5.92 Å². The first-order chi connectivity index (χ1) is 21.4. The van der Waals surface area contributed by atoms with E-state index >= 15 is 0 Å². The molecular weight excluding hydrogens is 566 g/mol. The van der Waals surface area contributed by atoms with Crippen molar-refractivity contribution in [1.29, 1.82) is 5.26 Å². The van der Waals surface area contributed by atoms with Gasteiger partial charge in [0.1, 0.15) is 17.6 Å². The molecule has 4 aromatic rings. The summed E-state index contributed by atoms with van der Waals surface area (Å²) in [6, 6.07) is 17.9. The Morgan fingerprint density at radius 3 is 2.57 bits per heavy atom. The van der Waals surface area contributed by atoms with Gasteiger partial charge in [-0.1, -0.05) is 6.07 Å². The lowest BCUT2D eigenvalue weighted by molar-refractivity contribution is -0.109. The Morgan fingerprint density at radius 2 is 1.84 bits per heavy atom. The molecular formula is C33H34F2N6O3. The molecule has 3 aliphatic heterocycles. The number of hydrogen-bond donors (Lipinski definition) is 2. The van der Waals surface area contributed by atoms with Crippen LogP contribution in [0.25, 0.3) is 33.4 Å². The molecule has 0 radical (unpaired) electrons. The van der Waals surface area contributed by atoms with E-state index in [2.05, 4.69) is 49.4 Å². The molecule has 3 fully saturated rings. The predicted octanol–water partition coefficient (Wildman–Crippen LogP) is 4.67. The number of ether oxygens (including phenoxy) is 3. The van der Waals surface area contributed by atoms with Crippen LogP contribution in [0.4, 0.5) is 14.5 Å². The third-order valence-corrected chi connectivity index (χ3v) is 8.89. The third-order valence-electron chi connectivity index (χ3n) is 8.89. The maximum atomic E-state index is 14.4. The van der Waals surface area contributed by atoms with E-state index in [1.807, 2.05) is 12.1 Å². The number of H-pyrrole nitrogens is 1. The Bertz CT molecular complexity index is 1710.